The summed E-state index contributed by atoms with van der Waals surface area (Å²) < 4.78 is 27.5. The minimum absolute atomic E-state index is 0.0790. The molecule has 1 aromatic rings. The summed E-state index contributed by atoms with van der Waals surface area (Å²) in [7, 11) is 0. The Hall–Kier alpha value is -0.960. The number of hydrogen-bond acceptors (Lipinski definition) is 1. The average Bonchev–Trinajstić information content (AvgIpc) is 2.80. The third-order valence-electron chi connectivity index (χ3n) is 3.04. The van der Waals surface area contributed by atoms with Crippen LogP contribution in [-0.4, -0.2) is 10.7 Å². The van der Waals surface area contributed by atoms with Gasteiger partial charge in [-0.2, -0.15) is 0 Å². The zero-order valence-electron chi connectivity index (χ0n) is 9.56. The largest absolute Gasteiger partial charge is 0.390 e. The van der Waals surface area contributed by atoms with Crippen LogP contribution < -0.4 is 0 Å². The maximum absolute atomic E-state index is 13.9. The highest BCUT2D eigenvalue weighted by Gasteiger charge is 2.41. The van der Waals surface area contributed by atoms with Gasteiger partial charge in [0.25, 0.3) is 0 Å². The van der Waals surface area contributed by atoms with Gasteiger partial charge in [-0.05, 0) is 38.3 Å². The molecule has 88 valence electrons. The number of alkyl halides is 1. The fraction of sp³-hybridized carbons (Fsp3) is 0.538. The van der Waals surface area contributed by atoms with Crippen LogP contribution in [0, 0.1) is 5.82 Å². The van der Waals surface area contributed by atoms with Crippen molar-refractivity contribution in [3.63, 3.8) is 0 Å². The maximum Gasteiger partial charge on any atom is 0.133 e. The lowest BCUT2D eigenvalue weighted by Gasteiger charge is -2.21. The Morgan fingerprint density at radius 2 is 2.00 bits per heavy atom. The van der Waals surface area contributed by atoms with Crippen LogP contribution in [0.3, 0.4) is 0 Å². The molecule has 0 amide bonds. The van der Waals surface area contributed by atoms with Crippen molar-refractivity contribution in [2.45, 2.75) is 44.4 Å². The van der Waals surface area contributed by atoms with Crippen LogP contribution >= 0.6 is 0 Å². The van der Waals surface area contributed by atoms with E-state index >= 15 is 0 Å². The lowest BCUT2D eigenvalue weighted by atomic mass is 9.90. The second-order valence-corrected chi connectivity index (χ2v) is 5.15. The van der Waals surface area contributed by atoms with E-state index in [-0.39, 0.29) is 5.56 Å². The SMILES string of the molecule is CC(C)(F)c1c(F)cccc1CC1(O)CC1. The van der Waals surface area contributed by atoms with Crippen LogP contribution in [-0.2, 0) is 12.1 Å². The van der Waals surface area contributed by atoms with Crippen molar-refractivity contribution in [3.05, 3.63) is 35.1 Å². The molecule has 3 heteroatoms. The molecule has 0 aliphatic heterocycles. The summed E-state index contributed by atoms with van der Waals surface area (Å²) in [6, 6.07) is 4.51. The van der Waals surface area contributed by atoms with E-state index in [1.165, 1.54) is 19.9 Å². The van der Waals surface area contributed by atoms with Crippen LogP contribution in [0.25, 0.3) is 0 Å². The van der Waals surface area contributed by atoms with Gasteiger partial charge in [-0.25, -0.2) is 8.78 Å². The molecule has 0 bridgehead atoms. The molecule has 0 saturated heterocycles. The van der Waals surface area contributed by atoms with Gasteiger partial charge in [0.1, 0.15) is 11.5 Å². The molecule has 1 aromatic carbocycles. The lowest BCUT2D eigenvalue weighted by Crippen LogP contribution is -2.19. The molecular formula is C13H16F2O. The van der Waals surface area contributed by atoms with Crippen molar-refractivity contribution in [3.8, 4) is 0 Å². The number of aliphatic hydroxyl groups is 1. The van der Waals surface area contributed by atoms with Gasteiger partial charge in [-0.1, -0.05) is 12.1 Å². The Kier molecular flexibility index (Phi) is 2.54. The monoisotopic (exact) mass is 226 g/mol. The van der Waals surface area contributed by atoms with Crippen LogP contribution in [0.15, 0.2) is 18.2 Å². The molecule has 0 unspecified atom stereocenters. The van der Waals surface area contributed by atoms with Crippen molar-refractivity contribution < 1.29 is 13.9 Å². The first kappa shape index (κ1) is 11.5. The predicted molar refractivity (Wildman–Crippen MR) is 58.4 cm³/mol. The Morgan fingerprint density at radius 1 is 1.38 bits per heavy atom. The predicted octanol–water partition coefficient (Wildman–Crippen LogP) is 3.10. The van der Waals surface area contributed by atoms with E-state index in [9.17, 15) is 13.9 Å². The van der Waals surface area contributed by atoms with Crippen molar-refractivity contribution in [2.75, 3.05) is 0 Å². The molecule has 1 N–H and O–H groups in total. The van der Waals surface area contributed by atoms with Gasteiger partial charge in [0.15, 0.2) is 0 Å². The molecule has 0 radical (unpaired) electrons. The first-order valence-corrected chi connectivity index (χ1v) is 5.51. The summed E-state index contributed by atoms with van der Waals surface area (Å²) in [5, 5.41) is 9.82. The van der Waals surface area contributed by atoms with Gasteiger partial charge in [0.05, 0.1) is 5.60 Å². The number of hydrogen-bond donors (Lipinski definition) is 1. The summed E-state index contributed by atoms with van der Waals surface area (Å²) in [5.74, 6) is -0.533. The zero-order chi connectivity index (χ0) is 12.0. The van der Waals surface area contributed by atoms with E-state index in [0.29, 0.717) is 12.0 Å². The Bertz CT molecular complexity index is 403. The molecule has 0 spiro atoms. The first-order valence-electron chi connectivity index (χ1n) is 5.51. The molecule has 0 aromatic heterocycles. The molecular weight excluding hydrogens is 210 g/mol. The number of halogens is 2. The molecule has 0 heterocycles. The van der Waals surface area contributed by atoms with E-state index in [2.05, 4.69) is 0 Å². The summed E-state index contributed by atoms with van der Waals surface area (Å²) in [6.07, 6.45) is 1.78. The molecule has 1 aliphatic carbocycles. The van der Waals surface area contributed by atoms with Crippen LogP contribution in [0.1, 0.15) is 37.8 Å². The van der Waals surface area contributed by atoms with Crippen molar-refractivity contribution in [1.82, 2.24) is 0 Å². The van der Waals surface area contributed by atoms with Crippen molar-refractivity contribution in [1.29, 1.82) is 0 Å². The summed E-state index contributed by atoms with van der Waals surface area (Å²) in [4.78, 5) is 0. The van der Waals surface area contributed by atoms with E-state index in [1.807, 2.05) is 0 Å². The van der Waals surface area contributed by atoms with Gasteiger partial charge in [0.2, 0.25) is 0 Å². The van der Waals surface area contributed by atoms with Crippen LogP contribution in [0.5, 0.6) is 0 Å². The second kappa shape index (κ2) is 3.52. The maximum atomic E-state index is 13.9. The summed E-state index contributed by atoms with van der Waals surface area (Å²) in [5.41, 5.74) is -1.79. The van der Waals surface area contributed by atoms with Gasteiger partial charge in [0, 0.05) is 12.0 Å². The minimum atomic E-state index is -1.72. The second-order valence-electron chi connectivity index (χ2n) is 5.15. The molecule has 2 rings (SSSR count). The quantitative estimate of drug-likeness (QED) is 0.839. The fourth-order valence-corrected chi connectivity index (χ4v) is 2.06. The highest BCUT2D eigenvalue weighted by Crippen LogP contribution is 2.41. The van der Waals surface area contributed by atoms with E-state index < -0.39 is 17.1 Å². The van der Waals surface area contributed by atoms with Gasteiger partial charge >= 0.3 is 0 Å². The highest BCUT2D eigenvalue weighted by atomic mass is 19.1. The van der Waals surface area contributed by atoms with Crippen molar-refractivity contribution >= 4 is 0 Å². The molecule has 0 atom stereocenters. The molecule has 1 aliphatic rings. The zero-order valence-corrected chi connectivity index (χ0v) is 9.56. The first-order chi connectivity index (χ1) is 7.32. The van der Waals surface area contributed by atoms with E-state index in [4.69, 9.17) is 0 Å². The Balaban J connectivity index is 2.40. The smallest absolute Gasteiger partial charge is 0.133 e. The van der Waals surface area contributed by atoms with E-state index in [1.54, 1.807) is 12.1 Å². The number of rotatable bonds is 3. The third kappa shape index (κ3) is 2.24. The van der Waals surface area contributed by atoms with Gasteiger partial charge in [-0.15, -0.1) is 0 Å². The normalized spacial score (nSPS) is 18.6. The number of benzene rings is 1. The molecule has 1 fully saturated rings. The Labute approximate surface area is 94.1 Å². The van der Waals surface area contributed by atoms with Gasteiger partial charge in [-0.3, -0.25) is 0 Å². The summed E-state index contributed by atoms with van der Waals surface area (Å²) >= 11 is 0. The standard InChI is InChI=1S/C13H16F2O/c1-12(2,15)11-9(4-3-5-10(11)14)8-13(16)6-7-13/h3-5,16H,6-8H2,1-2H3. The van der Waals surface area contributed by atoms with Crippen LogP contribution in [0.2, 0.25) is 0 Å². The summed E-state index contributed by atoms with van der Waals surface area (Å²) in [6.45, 7) is 2.68. The molecule has 1 nitrogen and oxygen atoms in total. The third-order valence-corrected chi connectivity index (χ3v) is 3.04. The van der Waals surface area contributed by atoms with Crippen molar-refractivity contribution in [2.24, 2.45) is 0 Å². The average molecular weight is 226 g/mol. The Morgan fingerprint density at radius 3 is 2.50 bits per heavy atom. The van der Waals surface area contributed by atoms with Gasteiger partial charge < -0.3 is 5.11 Å². The fourth-order valence-electron chi connectivity index (χ4n) is 2.06. The lowest BCUT2D eigenvalue weighted by molar-refractivity contribution is 0.148. The van der Waals surface area contributed by atoms with E-state index in [0.717, 1.165) is 12.8 Å². The minimum Gasteiger partial charge on any atom is -0.390 e. The molecule has 1 saturated carbocycles. The topological polar surface area (TPSA) is 20.2 Å². The van der Waals surface area contributed by atoms with Crippen LogP contribution in [0.4, 0.5) is 8.78 Å². The highest BCUT2D eigenvalue weighted by molar-refractivity contribution is 5.35. The molecule has 16 heavy (non-hydrogen) atoms.